The van der Waals surface area contributed by atoms with Crippen LogP contribution in [-0.2, 0) is 16.0 Å². The van der Waals surface area contributed by atoms with Gasteiger partial charge in [-0.05, 0) is 48.7 Å². The number of hydrogen-bond donors (Lipinski definition) is 2. The van der Waals surface area contributed by atoms with Crippen molar-refractivity contribution in [3.63, 3.8) is 0 Å². The monoisotopic (exact) mass is 394 g/mol. The molecule has 0 aliphatic heterocycles. The van der Waals surface area contributed by atoms with Gasteiger partial charge in [-0.1, -0.05) is 35.3 Å². The summed E-state index contributed by atoms with van der Waals surface area (Å²) in [7, 11) is 0. The molecule has 7 heteroatoms. The molecule has 2 aromatic rings. The Balaban J connectivity index is 1.45. The van der Waals surface area contributed by atoms with Gasteiger partial charge in [0.1, 0.15) is 5.82 Å². The summed E-state index contributed by atoms with van der Waals surface area (Å²) >= 11 is 11.9. The summed E-state index contributed by atoms with van der Waals surface area (Å²) in [6, 6.07) is 11.0. The van der Waals surface area contributed by atoms with Gasteiger partial charge in [0.15, 0.2) is 0 Å². The van der Waals surface area contributed by atoms with E-state index in [1.54, 1.807) is 30.3 Å². The molecular formula is C19H17Cl2FN2O2. The van der Waals surface area contributed by atoms with Crippen LogP contribution in [0.15, 0.2) is 42.5 Å². The number of carbonyl (C=O) groups is 2. The average Bonchev–Trinajstić information content (AvgIpc) is 3.41. The van der Waals surface area contributed by atoms with E-state index in [9.17, 15) is 14.0 Å². The standard InChI is InChI=1S/C19H17Cl2FN2O2/c20-12-3-6-16(21)17(9-12)24-19(26)15-10-14(15)18(25)23-8-7-11-1-4-13(22)5-2-11/h1-6,9,14-15H,7-8,10H2,(H,23,25)(H,24,26). The molecule has 0 spiro atoms. The fourth-order valence-corrected chi connectivity index (χ4v) is 3.04. The van der Waals surface area contributed by atoms with E-state index < -0.39 is 0 Å². The van der Waals surface area contributed by atoms with E-state index in [0.29, 0.717) is 35.1 Å². The zero-order chi connectivity index (χ0) is 18.7. The van der Waals surface area contributed by atoms with Gasteiger partial charge in [-0.2, -0.15) is 0 Å². The van der Waals surface area contributed by atoms with Crippen LogP contribution in [0.3, 0.4) is 0 Å². The maximum Gasteiger partial charge on any atom is 0.228 e. The largest absolute Gasteiger partial charge is 0.356 e. The van der Waals surface area contributed by atoms with Gasteiger partial charge < -0.3 is 10.6 Å². The predicted molar refractivity (Wildman–Crippen MR) is 99.8 cm³/mol. The van der Waals surface area contributed by atoms with E-state index in [-0.39, 0.29) is 29.5 Å². The maximum absolute atomic E-state index is 12.8. The fourth-order valence-electron chi connectivity index (χ4n) is 2.71. The Labute approximate surface area is 160 Å². The minimum absolute atomic E-state index is 0.149. The van der Waals surface area contributed by atoms with Crippen LogP contribution in [0.2, 0.25) is 10.0 Å². The topological polar surface area (TPSA) is 58.2 Å². The Kier molecular flexibility index (Phi) is 5.79. The molecule has 2 atom stereocenters. The fraction of sp³-hybridized carbons (Fsp3) is 0.263. The van der Waals surface area contributed by atoms with E-state index in [4.69, 9.17) is 23.2 Å². The van der Waals surface area contributed by atoms with Crippen molar-refractivity contribution in [3.8, 4) is 0 Å². The quantitative estimate of drug-likeness (QED) is 0.775. The van der Waals surface area contributed by atoms with Crippen molar-refractivity contribution in [1.29, 1.82) is 0 Å². The molecule has 2 N–H and O–H groups in total. The summed E-state index contributed by atoms with van der Waals surface area (Å²) in [6.45, 7) is 0.440. The van der Waals surface area contributed by atoms with Crippen molar-refractivity contribution < 1.29 is 14.0 Å². The van der Waals surface area contributed by atoms with Gasteiger partial charge >= 0.3 is 0 Å². The Morgan fingerprint density at radius 3 is 2.46 bits per heavy atom. The Bertz CT molecular complexity index is 827. The van der Waals surface area contributed by atoms with Gasteiger partial charge in [0.25, 0.3) is 0 Å². The zero-order valence-corrected chi connectivity index (χ0v) is 15.3. The molecule has 1 aliphatic carbocycles. The zero-order valence-electron chi connectivity index (χ0n) is 13.8. The minimum Gasteiger partial charge on any atom is -0.356 e. The highest BCUT2D eigenvalue weighted by molar-refractivity contribution is 6.35. The third-order valence-corrected chi connectivity index (χ3v) is 4.84. The maximum atomic E-state index is 12.8. The molecular weight excluding hydrogens is 378 g/mol. The number of halogens is 3. The molecule has 0 heterocycles. The van der Waals surface area contributed by atoms with Crippen LogP contribution in [0.4, 0.5) is 10.1 Å². The molecule has 0 bridgehead atoms. The highest BCUT2D eigenvalue weighted by Crippen LogP contribution is 2.40. The summed E-state index contributed by atoms with van der Waals surface area (Å²) in [5.74, 6) is -1.38. The van der Waals surface area contributed by atoms with E-state index in [0.717, 1.165) is 5.56 Å². The number of anilines is 1. The van der Waals surface area contributed by atoms with Crippen molar-refractivity contribution >= 4 is 40.7 Å². The number of hydrogen-bond acceptors (Lipinski definition) is 2. The lowest BCUT2D eigenvalue weighted by molar-refractivity contribution is -0.125. The van der Waals surface area contributed by atoms with Crippen molar-refractivity contribution in [2.45, 2.75) is 12.8 Å². The van der Waals surface area contributed by atoms with Gasteiger partial charge in [0.2, 0.25) is 11.8 Å². The van der Waals surface area contributed by atoms with E-state index >= 15 is 0 Å². The molecule has 136 valence electrons. The Hall–Kier alpha value is -2.11. The van der Waals surface area contributed by atoms with Crippen LogP contribution >= 0.6 is 23.2 Å². The average molecular weight is 395 g/mol. The van der Waals surface area contributed by atoms with Crippen molar-refractivity contribution in [1.82, 2.24) is 5.32 Å². The molecule has 0 radical (unpaired) electrons. The first-order valence-electron chi connectivity index (χ1n) is 8.22. The van der Waals surface area contributed by atoms with Crippen LogP contribution in [0.25, 0.3) is 0 Å². The third-order valence-electron chi connectivity index (χ3n) is 4.28. The summed E-state index contributed by atoms with van der Waals surface area (Å²) in [5.41, 5.74) is 1.37. The first-order chi connectivity index (χ1) is 12.4. The van der Waals surface area contributed by atoms with Gasteiger partial charge in [-0.3, -0.25) is 9.59 Å². The molecule has 1 saturated carbocycles. The SMILES string of the molecule is O=C(NCCc1ccc(F)cc1)C1CC1C(=O)Nc1cc(Cl)ccc1Cl. The molecule has 26 heavy (non-hydrogen) atoms. The van der Waals surface area contributed by atoms with Crippen LogP contribution in [0, 0.1) is 17.7 Å². The minimum atomic E-state index is -0.365. The second-order valence-electron chi connectivity index (χ2n) is 6.23. The van der Waals surface area contributed by atoms with Crippen molar-refractivity contribution in [2.75, 3.05) is 11.9 Å². The van der Waals surface area contributed by atoms with Crippen LogP contribution in [0.1, 0.15) is 12.0 Å². The van der Waals surface area contributed by atoms with E-state index in [2.05, 4.69) is 10.6 Å². The molecule has 2 unspecified atom stereocenters. The van der Waals surface area contributed by atoms with Crippen LogP contribution in [0.5, 0.6) is 0 Å². The van der Waals surface area contributed by atoms with E-state index in [1.807, 2.05) is 0 Å². The summed E-state index contributed by atoms with van der Waals surface area (Å²) < 4.78 is 12.8. The summed E-state index contributed by atoms with van der Waals surface area (Å²) in [4.78, 5) is 24.4. The molecule has 0 saturated heterocycles. The number of nitrogens with one attached hydrogen (secondary N) is 2. The predicted octanol–water partition coefficient (Wildman–Crippen LogP) is 4.07. The number of carbonyl (C=O) groups excluding carboxylic acids is 2. The molecule has 2 amide bonds. The summed E-state index contributed by atoms with van der Waals surface area (Å²) in [6.07, 6.45) is 1.11. The summed E-state index contributed by atoms with van der Waals surface area (Å²) in [5, 5.41) is 6.39. The van der Waals surface area contributed by atoms with Gasteiger partial charge in [0.05, 0.1) is 22.5 Å². The lowest BCUT2D eigenvalue weighted by atomic mass is 10.1. The highest BCUT2D eigenvalue weighted by Gasteiger charge is 2.47. The van der Waals surface area contributed by atoms with Crippen molar-refractivity contribution in [3.05, 3.63) is 63.9 Å². The second-order valence-corrected chi connectivity index (χ2v) is 7.07. The lowest BCUT2D eigenvalue weighted by Gasteiger charge is -2.08. The molecule has 2 aromatic carbocycles. The normalized spacial score (nSPS) is 18.3. The third kappa shape index (κ3) is 4.74. The number of rotatable bonds is 6. The molecule has 1 aliphatic rings. The van der Waals surface area contributed by atoms with Gasteiger partial charge in [-0.15, -0.1) is 0 Å². The van der Waals surface area contributed by atoms with Gasteiger partial charge in [-0.25, -0.2) is 4.39 Å². The smallest absolute Gasteiger partial charge is 0.228 e. The van der Waals surface area contributed by atoms with Crippen LogP contribution in [-0.4, -0.2) is 18.4 Å². The highest BCUT2D eigenvalue weighted by atomic mass is 35.5. The lowest BCUT2D eigenvalue weighted by Crippen LogP contribution is -2.29. The Morgan fingerprint density at radius 1 is 1.04 bits per heavy atom. The van der Waals surface area contributed by atoms with Gasteiger partial charge in [0, 0.05) is 11.6 Å². The number of benzene rings is 2. The van der Waals surface area contributed by atoms with Crippen molar-refractivity contribution in [2.24, 2.45) is 11.8 Å². The molecule has 4 nitrogen and oxygen atoms in total. The van der Waals surface area contributed by atoms with E-state index in [1.165, 1.54) is 12.1 Å². The number of amides is 2. The first-order valence-corrected chi connectivity index (χ1v) is 8.97. The Morgan fingerprint density at radius 2 is 1.73 bits per heavy atom. The molecule has 3 rings (SSSR count). The second kappa shape index (κ2) is 8.06. The first kappa shape index (κ1) is 18.7. The van der Waals surface area contributed by atoms with Crippen LogP contribution < -0.4 is 10.6 Å². The molecule has 0 aromatic heterocycles. The molecule has 1 fully saturated rings.